The molecule has 0 aliphatic carbocycles. The smallest absolute Gasteiger partial charge is 0.300 e. The van der Waals surface area contributed by atoms with E-state index in [2.05, 4.69) is 32.6 Å². The molecule has 6 nitrogen and oxygen atoms in total. The van der Waals surface area contributed by atoms with E-state index in [0.29, 0.717) is 5.02 Å². The van der Waals surface area contributed by atoms with E-state index < -0.39 is 5.97 Å². The summed E-state index contributed by atoms with van der Waals surface area (Å²) in [6.07, 6.45) is 4.31. The summed E-state index contributed by atoms with van der Waals surface area (Å²) in [5.41, 5.74) is 3.03. The Morgan fingerprint density at radius 1 is 0.966 bits per heavy atom. The van der Waals surface area contributed by atoms with Crippen molar-refractivity contribution < 1.29 is 9.90 Å². The zero-order chi connectivity index (χ0) is 20.6. The maximum absolute atomic E-state index is 9.00. The molecular weight excluding hydrogens is 388 g/mol. The summed E-state index contributed by atoms with van der Waals surface area (Å²) in [4.78, 5) is 13.1. The maximum atomic E-state index is 9.00. The molecule has 146 valence electrons. The lowest BCUT2D eigenvalue weighted by Crippen LogP contribution is -2.02. The first-order valence-electron chi connectivity index (χ1n) is 8.88. The standard InChI is InChI=1S/C20H15ClN4.C2H4O2/c21-15-5-7-16(8-6-15)23-20-18-4-2-1-3-17(18)19(24-25-20)13-14-9-11-22-12-10-14;1-2(3)4/h1-12H,13H2,(H,23,25);1H3,(H,3,4). The van der Waals surface area contributed by atoms with Gasteiger partial charge < -0.3 is 10.4 Å². The van der Waals surface area contributed by atoms with Crippen LogP contribution < -0.4 is 5.32 Å². The van der Waals surface area contributed by atoms with Crippen molar-refractivity contribution in [3.05, 3.63) is 89.3 Å². The average molecular weight is 407 g/mol. The van der Waals surface area contributed by atoms with Gasteiger partial charge in [-0.3, -0.25) is 9.78 Å². The minimum atomic E-state index is -0.833. The van der Waals surface area contributed by atoms with Crippen LogP contribution in [0, 0.1) is 0 Å². The third-order valence-electron chi connectivity index (χ3n) is 3.99. The highest BCUT2D eigenvalue weighted by molar-refractivity contribution is 6.30. The quantitative estimate of drug-likeness (QED) is 0.490. The van der Waals surface area contributed by atoms with Crippen LogP contribution in [-0.4, -0.2) is 26.3 Å². The van der Waals surface area contributed by atoms with E-state index in [1.807, 2.05) is 48.5 Å². The fraction of sp³-hybridized carbons (Fsp3) is 0.0909. The third kappa shape index (κ3) is 5.73. The lowest BCUT2D eigenvalue weighted by Gasteiger charge is -2.11. The van der Waals surface area contributed by atoms with Crippen molar-refractivity contribution in [2.75, 3.05) is 5.32 Å². The topological polar surface area (TPSA) is 88.0 Å². The molecule has 0 unspecified atom stereocenters. The molecule has 0 amide bonds. The lowest BCUT2D eigenvalue weighted by atomic mass is 10.0. The molecule has 4 rings (SSSR count). The summed E-state index contributed by atoms with van der Waals surface area (Å²) in [5, 5.41) is 22.4. The Morgan fingerprint density at radius 2 is 1.59 bits per heavy atom. The molecular formula is C22H19ClN4O2. The van der Waals surface area contributed by atoms with Gasteiger partial charge in [-0.1, -0.05) is 35.9 Å². The van der Waals surface area contributed by atoms with Gasteiger partial charge in [-0.25, -0.2) is 0 Å². The van der Waals surface area contributed by atoms with Crippen LogP contribution >= 0.6 is 11.6 Å². The number of rotatable bonds is 4. The number of anilines is 2. The summed E-state index contributed by atoms with van der Waals surface area (Å²) in [7, 11) is 0. The van der Waals surface area contributed by atoms with Gasteiger partial charge in [0, 0.05) is 47.2 Å². The molecule has 0 radical (unpaired) electrons. The summed E-state index contributed by atoms with van der Waals surface area (Å²) in [5.74, 6) is -0.101. The highest BCUT2D eigenvalue weighted by atomic mass is 35.5. The van der Waals surface area contributed by atoms with Crippen molar-refractivity contribution in [2.45, 2.75) is 13.3 Å². The van der Waals surface area contributed by atoms with E-state index in [0.717, 1.165) is 46.9 Å². The lowest BCUT2D eigenvalue weighted by molar-refractivity contribution is -0.134. The van der Waals surface area contributed by atoms with Gasteiger partial charge in [-0.05, 0) is 42.0 Å². The van der Waals surface area contributed by atoms with Crippen LogP contribution in [0.25, 0.3) is 10.8 Å². The van der Waals surface area contributed by atoms with Gasteiger partial charge in [-0.15, -0.1) is 5.10 Å². The van der Waals surface area contributed by atoms with Crippen LogP contribution in [-0.2, 0) is 11.2 Å². The molecule has 0 bridgehead atoms. The second-order valence-electron chi connectivity index (χ2n) is 6.22. The van der Waals surface area contributed by atoms with Gasteiger partial charge in [0.25, 0.3) is 5.97 Å². The molecule has 0 fully saturated rings. The molecule has 0 aliphatic rings. The number of halogens is 1. The number of hydrogen-bond donors (Lipinski definition) is 2. The molecule has 2 aromatic carbocycles. The van der Waals surface area contributed by atoms with Gasteiger partial charge >= 0.3 is 0 Å². The number of benzene rings is 2. The van der Waals surface area contributed by atoms with Gasteiger partial charge in [0.2, 0.25) is 0 Å². The number of aromatic nitrogens is 3. The van der Waals surface area contributed by atoms with Crippen LogP contribution in [0.1, 0.15) is 18.2 Å². The van der Waals surface area contributed by atoms with Crippen LogP contribution in [0.5, 0.6) is 0 Å². The molecule has 2 heterocycles. The van der Waals surface area contributed by atoms with Crippen molar-refractivity contribution in [1.82, 2.24) is 15.2 Å². The number of nitrogens with zero attached hydrogens (tertiary/aromatic N) is 3. The second-order valence-corrected chi connectivity index (χ2v) is 6.66. The number of nitrogens with one attached hydrogen (secondary N) is 1. The normalized spacial score (nSPS) is 10.1. The highest BCUT2D eigenvalue weighted by Gasteiger charge is 2.10. The first-order valence-corrected chi connectivity index (χ1v) is 9.26. The van der Waals surface area contributed by atoms with Crippen molar-refractivity contribution >= 4 is 39.8 Å². The van der Waals surface area contributed by atoms with Gasteiger partial charge in [0.05, 0.1) is 5.69 Å². The number of pyridine rings is 1. The van der Waals surface area contributed by atoms with Crippen LogP contribution in [0.3, 0.4) is 0 Å². The number of carboxylic acid groups (broad SMARTS) is 1. The molecule has 0 saturated heterocycles. The molecule has 7 heteroatoms. The van der Waals surface area contributed by atoms with E-state index in [1.54, 1.807) is 12.4 Å². The number of hydrogen-bond acceptors (Lipinski definition) is 5. The summed E-state index contributed by atoms with van der Waals surface area (Å²) >= 11 is 5.95. The summed E-state index contributed by atoms with van der Waals surface area (Å²) in [6, 6.07) is 19.7. The fourth-order valence-corrected chi connectivity index (χ4v) is 2.87. The Balaban J connectivity index is 0.000000552. The van der Waals surface area contributed by atoms with Crippen molar-refractivity contribution in [1.29, 1.82) is 0 Å². The van der Waals surface area contributed by atoms with Gasteiger partial charge in [0.1, 0.15) is 0 Å². The van der Waals surface area contributed by atoms with Crippen LogP contribution in [0.2, 0.25) is 5.02 Å². The molecule has 29 heavy (non-hydrogen) atoms. The Hall–Kier alpha value is -3.51. The predicted octanol–water partition coefficient (Wildman–Crippen LogP) is 5.10. The van der Waals surface area contributed by atoms with Crippen LogP contribution in [0.15, 0.2) is 73.1 Å². The second kappa shape index (κ2) is 9.61. The van der Waals surface area contributed by atoms with Crippen molar-refractivity contribution in [3.63, 3.8) is 0 Å². The Labute approximate surface area is 173 Å². The average Bonchev–Trinajstić information content (AvgIpc) is 2.72. The molecule has 0 saturated carbocycles. The van der Waals surface area contributed by atoms with E-state index in [4.69, 9.17) is 21.5 Å². The Morgan fingerprint density at radius 3 is 2.24 bits per heavy atom. The van der Waals surface area contributed by atoms with E-state index in [1.165, 1.54) is 0 Å². The minimum Gasteiger partial charge on any atom is -0.481 e. The Bertz CT molecular complexity index is 1100. The summed E-state index contributed by atoms with van der Waals surface area (Å²) in [6.45, 7) is 1.08. The largest absolute Gasteiger partial charge is 0.481 e. The number of carboxylic acids is 1. The molecule has 0 spiro atoms. The molecule has 0 atom stereocenters. The van der Waals surface area contributed by atoms with Crippen molar-refractivity contribution in [3.8, 4) is 0 Å². The van der Waals surface area contributed by atoms with Crippen molar-refractivity contribution in [2.24, 2.45) is 0 Å². The highest BCUT2D eigenvalue weighted by Crippen LogP contribution is 2.27. The third-order valence-corrected chi connectivity index (χ3v) is 4.24. The molecule has 2 N–H and O–H groups in total. The molecule has 4 aromatic rings. The maximum Gasteiger partial charge on any atom is 0.300 e. The van der Waals surface area contributed by atoms with Gasteiger partial charge in [-0.2, -0.15) is 5.10 Å². The van der Waals surface area contributed by atoms with E-state index in [-0.39, 0.29) is 0 Å². The van der Waals surface area contributed by atoms with E-state index >= 15 is 0 Å². The zero-order valence-electron chi connectivity index (χ0n) is 15.7. The number of carbonyl (C=O) groups is 1. The fourth-order valence-electron chi connectivity index (χ4n) is 2.75. The Kier molecular flexibility index (Phi) is 6.71. The molecule has 0 aliphatic heterocycles. The zero-order valence-corrected chi connectivity index (χ0v) is 16.5. The van der Waals surface area contributed by atoms with Crippen LogP contribution in [0.4, 0.5) is 11.5 Å². The monoisotopic (exact) mass is 406 g/mol. The first kappa shape index (κ1) is 20.2. The minimum absolute atomic E-state index is 0.703. The number of fused-ring (bicyclic) bond motifs is 1. The molecule has 2 aromatic heterocycles. The predicted molar refractivity (Wildman–Crippen MR) is 115 cm³/mol. The SMILES string of the molecule is CC(=O)O.Clc1ccc(Nc2nnc(Cc3ccncc3)c3ccccc23)cc1. The van der Waals surface area contributed by atoms with E-state index in [9.17, 15) is 0 Å². The van der Waals surface area contributed by atoms with Gasteiger partial charge in [0.15, 0.2) is 5.82 Å². The first-order chi connectivity index (χ1) is 14.0. The summed E-state index contributed by atoms with van der Waals surface area (Å²) < 4.78 is 0. The number of aliphatic carboxylic acids is 1.